The maximum atomic E-state index is 14.1. The molecule has 2 fully saturated rings. The average molecular weight is 372 g/mol. The Bertz CT molecular complexity index is 268. The van der Waals surface area contributed by atoms with Crippen molar-refractivity contribution >= 4 is 22.9 Å². The van der Waals surface area contributed by atoms with Crippen LogP contribution in [0.25, 0.3) is 0 Å². The number of nitrogens with zero attached hydrogens (tertiary/aromatic N) is 2. The van der Waals surface area contributed by atoms with Gasteiger partial charge in [-0.2, -0.15) is 0 Å². The second kappa shape index (κ2) is 6.31. The topological polar surface area (TPSA) is 6.48 Å². The fraction of sp³-hybridized carbons (Fsp3) is 1.00. The maximum absolute atomic E-state index is 14.1. The smallest absolute Gasteiger partial charge is 0.276 e. The van der Waals surface area contributed by atoms with Crippen molar-refractivity contribution in [2.24, 2.45) is 5.92 Å². The largest absolute Gasteiger partial charge is 0.295 e. The molecule has 2 aliphatic heterocycles. The zero-order chi connectivity index (χ0) is 13.2. The first-order valence-electron chi connectivity index (χ1n) is 7.05. The Hall–Kier alpha value is 0.510. The Balaban J connectivity index is 1.89. The van der Waals surface area contributed by atoms with Crippen LogP contribution in [-0.2, 0) is 0 Å². The highest BCUT2D eigenvalue weighted by Crippen LogP contribution is 2.35. The van der Waals surface area contributed by atoms with E-state index < -0.39 is 12.0 Å². The van der Waals surface area contributed by atoms with Gasteiger partial charge in [0, 0.05) is 29.4 Å². The van der Waals surface area contributed by atoms with Crippen LogP contribution in [0.1, 0.15) is 39.0 Å². The lowest BCUT2D eigenvalue weighted by atomic mass is 9.90. The van der Waals surface area contributed by atoms with Crippen molar-refractivity contribution in [2.45, 2.75) is 51.0 Å². The monoisotopic (exact) mass is 372 g/mol. The third kappa shape index (κ3) is 3.54. The molecular weight excluding hydrogens is 349 g/mol. The van der Waals surface area contributed by atoms with E-state index in [9.17, 15) is 8.78 Å². The molecule has 2 aliphatic rings. The molecule has 106 valence electrons. The summed E-state index contributed by atoms with van der Waals surface area (Å²) >= 11 is 2.01. The van der Waals surface area contributed by atoms with E-state index in [1.807, 2.05) is 22.9 Å². The Morgan fingerprint density at radius 2 is 1.83 bits per heavy atom. The van der Waals surface area contributed by atoms with Gasteiger partial charge in [-0.25, -0.2) is 11.9 Å². The van der Waals surface area contributed by atoms with Gasteiger partial charge < -0.3 is 0 Å². The Labute approximate surface area is 123 Å². The molecule has 18 heavy (non-hydrogen) atoms. The Morgan fingerprint density at radius 3 is 2.39 bits per heavy atom. The molecule has 0 radical (unpaired) electrons. The predicted octanol–water partition coefficient (Wildman–Crippen LogP) is 3.56. The molecule has 2 saturated heterocycles. The summed E-state index contributed by atoms with van der Waals surface area (Å²) in [5, 5.41) is 0. The number of rotatable bonds is 3. The Morgan fingerprint density at radius 1 is 1.17 bits per heavy atom. The molecule has 2 rings (SSSR count). The lowest BCUT2D eigenvalue weighted by molar-refractivity contribution is -0.114. The van der Waals surface area contributed by atoms with Crippen LogP contribution < -0.4 is 0 Å². The summed E-state index contributed by atoms with van der Waals surface area (Å²) in [6.45, 7) is 4.64. The van der Waals surface area contributed by atoms with Gasteiger partial charge in [0.25, 0.3) is 5.92 Å². The van der Waals surface area contributed by atoms with Crippen LogP contribution in [0.3, 0.4) is 0 Å². The molecule has 2 heterocycles. The summed E-state index contributed by atoms with van der Waals surface area (Å²) in [6, 6.07) is -0.522. The minimum Gasteiger partial charge on any atom is -0.295 e. The molecule has 0 aromatic carbocycles. The van der Waals surface area contributed by atoms with Crippen molar-refractivity contribution in [3.05, 3.63) is 0 Å². The quantitative estimate of drug-likeness (QED) is 0.552. The van der Waals surface area contributed by atoms with E-state index in [-0.39, 0.29) is 6.54 Å². The van der Waals surface area contributed by atoms with Crippen LogP contribution in [0.5, 0.6) is 0 Å². The van der Waals surface area contributed by atoms with Gasteiger partial charge in [-0.05, 0) is 38.3 Å². The SMILES string of the molecule is CCCC1CCN(C2CCN(I)CC2(F)F)CC1. The van der Waals surface area contributed by atoms with Crippen LogP contribution in [0.4, 0.5) is 8.78 Å². The van der Waals surface area contributed by atoms with Gasteiger partial charge in [0.2, 0.25) is 0 Å². The van der Waals surface area contributed by atoms with Crippen LogP contribution in [0.15, 0.2) is 0 Å². The first kappa shape index (κ1) is 14.9. The van der Waals surface area contributed by atoms with E-state index in [0.29, 0.717) is 6.42 Å². The van der Waals surface area contributed by atoms with Crippen LogP contribution in [0.2, 0.25) is 0 Å². The van der Waals surface area contributed by atoms with Gasteiger partial charge in [0.1, 0.15) is 0 Å². The lowest BCUT2D eigenvalue weighted by Gasteiger charge is -2.44. The molecule has 0 aromatic heterocycles. The normalized spacial score (nSPS) is 31.7. The van der Waals surface area contributed by atoms with Crippen molar-refractivity contribution < 1.29 is 8.78 Å². The highest BCUT2D eigenvalue weighted by Gasteiger charge is 2.47. The van der Waals surface area contributed by atoms with Gasteiger partial charge in [-0.15, -0.1) is 0 Å². The number of piperidine rings is 2. The van der Waals surface area contributed by atoms with Crippen LogP contribution in [-0.4, -0.2) is 46.2 Å². The second-order valence-corrected chi connectivity index (χ2v) is 7.04. The van der Waals surface area contributed by atoms with Crippen molar-refractivity contribution in [1.29, 1.82) is 0 Å². The summed E-state index contributed by atoms with van der Waals surface area (Å²) in [5.74, 6) is -1.78. The molecule has 0 saturated carbocycles. The minimum absolute atomic E-state index is 0.0902. The number of hydrogen-bond acceptors (Lipinski definition) is 2. The molecule has 0 amide bonds. The van der Waals surface area contributed by atoms with E-state index in [1.165, 1.54) is 12.8 Å². The van der Waals surface area contributed by atoms with Gasteiger partial charge in [0.15, 0.2) is 0 Å². The zero-order valence-corrected chi connectivity index (χ0v) is 13.2. The number of alkyl halides is 2. The third-order valence-electron chi connectivity index (χ3n) is 4.30. The van der Waals surface area contributed by atoms with Gasteiger partial charge in [-0.1, -0.05) is 19.8 Å². The van der Waals surface area contributed by atoms with E-state index in [0.717, 1.165) is 38.4 Å². The van der Waals surface area contributed by atoms with Gasteiger partial charge in [-0.3, -0.25) is 4.90 Å². The fourth-order valence-corrected chi connectivity index (χ4v) is 4.03. The minimum atomic E-state index is -2.54. The molecule has 5 heteroatoms. The molecule has 0 N–H and O–H groups in total. The summed E-state index contributed by atoms with van der Waals surface area (Å²) in [7, 11) is 0. The van der Waals surface area contributed by atoms with Crippen molar-refractivity contribution in [3.8, 4) is 0 Å². The number of halogens is 3. The van der Waals surface area contributed by atoms with Gasteiger partial charge >= 0.3 is 0 Å². The van der Waals surface area contributed by atoms with Crippen LogP contribution in [0, 0.1) is 5.92 Å². The molecule has 0 aromatic rings. The van der Waals surface area contributed by atoms with Crippen molar-refractivity contribution in [2.75, 3.05) is 26.2 Å². The highest BCUT2D eigenvalue weighted by atomic mass is 127. The first-order chi connectivity index (χ1) is 8.53. The zero-order valence-electron chi connectivity index (χ0n) is 11.0. The first-order valence-corrected chi connectivity index (χ1v) is 8.02. The number of hydrogen-bond donors (Lipinski definition) is 0. The second-order valence-electron chi connectivity index (χ2n) is 5.68. The van der Waals surface area contributed by atoms with Crippen LogP contribution >= 0.6 is 22.9 Å². The molecular formula is C13H23F2IN2. The highest BCUT2D eigenvalue weighted by molar-refractivity contribution is 14.1. The van der Waals surface area contributed by atoms with Crippen molar-refractivity contribution in [1.82, 2.24) is 8.01 Å². The molecule has 0 spiro atoms. The van der Waals surface area contributed by atoms with E-state index in [4.69, 9.17) is 0 Å². The summed E-state index contributed by atoms with van der Waals surface area (Å²) in [6.07, 6.45) is 5.29. The molecule has 2 nitrogen and oxygen atoms in total. The summed E-state index contributed by atoms with van der Waals surface area (Å²) < 4.78 is 29.8. The number of likely N-dealkylation sites (tertiary alicyclic amines) is 1. The summed E-state index contributed by atoms with van der Waals surface area (Å²) in [4.78, 5) is 2.05. The summed E-state index contributed by atoms with van der Waals surface area (Å²) in [5.41, 5.74) is 0. The van der Waals surface area contributed by atoms with E-state index in [1.54, 1.807) is 3.11 Å². The lowest BCUT2D eigenvalue weighted by Crippen LogP contribution is -2.57. The van der Waals surface area contributed by atoms with Gasteiger partial charge in [0.05, 0.1) is 12.6 Å². The molecule has 1 unspecified atom stereocenters. The average Bonchev–Trinajstić information content (AvgIpc) is 2.30. The molecule has 0 bridgehead atoms. The van der Waals surface area contributed by atoms with Crippen molar-refractivity contribution in [3.63, 3.8) is 0 Å². The fourth-order valence-electron chi connectivity index (χ4n) is 3.30. The van der Waals surface area contributed by atoms with E-state index >= 15 is 0 Å². The molecule has 0 aliphatic carbocycles. The molecule has 1 atom stereocenters. The standard InChI is InChI=1S/C13H23F2IN2/c1-2-3-11-4-7-17(8-5-11)12-6-9-18(16)10-13(12,14)15/h11-12H,2-10H2,1H3. The van der Waals surface area contributed by atoms with E-state index in [2.05, 4.69) is 11.8 Å². The third-order valence-corrected chi connectivity index (χ3v) is 5.13. The Kier molecular flexibility index (Phi) is 5.22. The predicted molar refractivity (Wildman–Crippen MR) is 78.2 cm³/mol. The maximum Gasteiger partial charge on any atom is 0.276 e.